The second-order valence-electron chi connectivity index (χ2n) is 3.34. The zero-order chi connectivity index (χ0) is 9.14. The minimum absolute atomic E-state index is 0.208. The van der Waals surface area contributed by atoms with Crippen LogP contribution in [-0.4, -0.2) is 16.7 Å². The highest BCUT2D eigenvalue weighted by atomic mass is 32.1. The molecular weight excluding hydrogens is 170 g/mol. The van der Waals surface area contributed by atoms with Crippen LogP contribution in [0, 0.1) is 0 Å². The SMILES string of the molecule is CC(C)c1ncc(C(C)CO)s1. The molecule has 0 aromatic carbocycles. The summed E-state index contributed by atoms with van der Waals surface area (Å²) in [5.41, 5.74) is 0. The Morgan fingerprint density at radius 2 is 2.17 bits per heavy atom. The molecular formula is C9H15NOS. The lowest BCUT2D eigenvalue weighted by Gasteiger charge is -2.02. The standard InChI is InChI=1S/C9H15NOS/c1-6(2)9-10-4-8(12-9)7(3)5-11/h4,6-7,11H,5H2,1-3H3. The van der Waals surface area contributed by atoms with Crippen molar-refractivity contribution >= 4 is 11.3 Å². The molecule has 1 atom stereocenters. The Morgan fingerprint density at radius 3 is 2.58 bits per heavy atom. The lowest BCUT2D eigenvalue weighted by molar-refractivity contribution is 0.274. The van der Waals surface area contributed by atoms with Crippen LogP contribution in [0.15, 0.2) is 6.20 Å². The Bertz CT molecular complexity index is 244. The molecule has 0 bridgehead atoms. The Morgan fingerprint density at radius 1 is 1.50 bits per heavy atom. The molecule has 0 aliphatic rings. The van der Waals surface area contributed by atoms with Crippen LogP contribution in [0.3, 0.4) is 0 Å². The zero-order valence-electron chi connectivity index (χ0n) is 7.74. The fraction of sp³-hybridized carbons (Fsp3) is 0.667. The van der Waals surface area contributed by atoms with E-state index in [4.69, 9.17) is 5.11 Å². The van der Waals surface area contributed by atoms with Gasteiger partial charge in [-0.05, 0) is 0 Å². The van der Waals surface area contributed by atoms with Crippen molar-refractivity contribution in [2.75, 3.05) is 6.61 Å². The number of nitrogens with zero attached hydrogens (tertiary/aromatic N) is 1. The third-order valence-corrected chi connectivity index (χ3v) is 3.32. The van der Waals surface area contributed by atoms with Gasteiger partial charge < -0.3 is 5.11 Å². The summed E-state index contributed by atoms with van der Waals surface area (Å²) in [7, 11) is 0. The van der Waals surface area contributed by atoms with Crippen molar-refractivity contribution in [3.8, 4) is 0 Å². The lowest BCUT2D eigenvalue weighted by atomic mass is 10.2. The minimum atomic E-state index is 0.208. The van der Waals surface area contributed by atoms with Gasteiger partial charge >= 0.3 is 0 Å². The summed E-state index contributed by atoms with van der Waals surface area (Å²) in [6.07, 6.45) is 1.88. The van der Waals surface area contributed by atoms with Gasteiger partial charge in [-0.1, -0.05) is 20.8 Å². The van der Waals surface area contributed by atoms with Crippen molar-refractivity contribution in [1.29, 1.82) is 0 Å². The molecule has 1 aromatic rings. The maximum absolute atomic E-state index is 8.91. The normalized spacial score (nSPS) is 13.8. The average molecular weight is 185 g/mol. The molecule has 0 radical (unpaired) electrons. The summed E-state index contributed by atoms with van der Waals surface area (Å²) in [6, 6.07) is 0. The molecule has 3 heteroatoms. The first-order valence-electron chi connectivity index (χ1n) is 4.21. The van der Waals surface area contributed by atoms with Crippen LogP contribution in [0.1, 0.15) is 42.5 Å². The largest absolute Gasteiger partial charge is 0.396 e. The summed E-state index contributed by atoms with van der Waals surface area (Å²) in [5, 5.41) is 10.1. The number of aromatic nitrogens is 1. The Balaban J connectivity index is 2.77. The smallest absolute Gasteiger partial charge is 0.0953 e. The molecule has 1 rings (SSSR count). The molecule has 1 unspecified atom stereocenters. The second-order valence-corrected chi connectivity index (χ2v) is 4.43. The molecule has 0 aliphatic heterocycles. The predicted molar refractivity (Wildman–Crippen MR) is 51.7 cm³/mol. The molecule has 68 valence electrons. The number of thiazole rings is 1. The van der Waals surface area contributed by atoms with Gasteiger partial charge in [0.2, 0.25) is 0 Å². The van der Waals surface area contributed by atoms with Gasteiger partial charge in [0, 0.05) is 22.9 Å². The van der Waals surface area contributed by atoms with Crippen LogP contribution in [-0.2, 0) is 0 Å². The van der Waals surface area contributed by atoms with E-state index in [1.165, 1.54) is 4.88 Å². The first kappa shape index (κ1) is 9.68. The molecule has 0 saturated heterocycles. The van der Waals surface area contributed by atoms with E-state index in [2.05, 4.69) is 18.8 Å². The van der Waals surface area contributed by atoms with Crippen molar-refractivity contribution in [1.82, 2.24) is 4.98 Å². The van der Waals surface area contributed by atoms with E-state index in [-0.39, 0.29) is 12.5 Å². The number of hydrogen-bond acceptors (Lipinski definition) is 3. The molecule has 2 nitrogen and oxygen atoms in total. The van der Waals surface area contributed by atoms with Gasteiger partial charge in [-0.15, -0.1) is 11.3 Å². The van der Waals surface area contributed by atoms with E-state index in [9.17, 15) is 0 Å². The van der Waals surface area contributed by atoms with Crippen LogP contribution < -0.4 is 0 Å². The summed E-state index contributed by atoms with van der Waals surface area (Å²) in [6.45, 7) is 6.48. The van der Waals surface area contributed by atoms with Gasteiger partial charge in [0.05, 0.1) is 11.6 Å². The van der Waals surface area contributed by atoms with Crippen LogP contribution in [0.4, 0.5) is 0 Å². The Labute approximate surface area is 77.3 Å². The van der Waals surface area contributed by atoms with Crippen LogP contribution in [0.25, 0.3) is 0 Å². The van der Waals surface area contributed by atoms with Crippen molar-refractivity contribution in [3.05, 3.63) is 16.1 Å². The first-order valence-corrected chi connectivity index (χ1v) is 5.03. The maximum atomic E-state index is 8.91. The third-order valence-electron chi connectivity index (χ3n) is 1.79. The van der Waals surface area contributed by atoms with Crippen LogP contribution >= 0.6 is 11.3 Å². The van der Waals surface area contributed by atoms with E-state index in [0.29, 0.717) is 5.92 Å². The number of aliphatic hydroxyl groups is 1. The third kappa shape index (κ3) is 2.05. The highest BCUT2D eigenvalue weighted by Gasteiger charge is 2.10. The monoisotopic (exact) mass is 185 g/mol. The zero-order valence-corrected chi connectivity index (χ0v) is 8.56. The lowest BCUT2D eigenvalue weighted by Crippen LogP contribution is -1.94. The van der Waals surface area contributed by atoms with Crippen molar-refractivity contribution in [2.45, 2.75) is 32.6 Å². The van der Waals surface area contributed by atoms with Crippen molar-refractivity contribution in [2.24, 2.45) is 0 Å². The molecule has 12 heavy (non-hydrogen) atoms. The van der Waals surface area contributed by atoms with Gasteiger partial charge in [0.25, 0.3) is 0 Å². The summed E-state index contributed by atoms with van der Waals surface area (Å²) in [4.78, 5) is 5.47. The molecule has 1 N–H and O–H groups in total. The molecule has 0 amide bonds. The van der Waals surface area contributed by atoms with E-state index in [1.807, 2.05) is 13.1 Å². The van der Waals surface area contributed by atoms with Crippen LogP contribution in [0.2, 0.25) is 0 Å². The fourth-order valence-electron chi connectivity index (χ4n) is 0.885. The fourth-order valence-corrected chi connectivity index (χ4v) is 1.85. The Kier molecular flexibility index (Phi) is 3.23. The summed E-state index contributed by atoms with van der Waals surface area (Å²) < 4.78 is 0. The maximum Gasteiger partial charge on any atom is 0.0953 e. The number of aliphatic hydroxyl groups excluding tert-OH is 1. The molecule has 1 heterocycles. The van der Waals surface area contributed by atoms with E-state index in [0.717, 1.165) is 5.01 Å². The van der Waals surface area contributed by atoms with E-state index >= 15 is 0 Å². The van der Waals surface area contributed by atoms with Crippen LogP contribution in [0.5, 0.6) is 0 Å². The topological polar surface area (TPSA) is 33.1 Å². The highest BCUT2D eigenvalue weighted by molar-refractivity contribution is 7.11. The highest BCUT2D eigenvalue weighted by Crippen LogP contribution is 2.26. The first-order chi connectivity index (χ1) is 5.65. The molecule has 0 aliphatic carbocycles. The molecule has 1 aromatic heterocycles. The van der Waals surface area contributed by atoms with E-state index < -0.39 is 0 Å². The average Bonchev–Trinajstić information content (AvgIpc) is 2.51. The van der Waals surface area contributed by atoms with Gasteiger partial charge in [0.1, 0.15) is 0 Å². The van der Waals surface area contributed by atoms with Crippen molar-refractivity contribution in [3.63, 3.8) is 0 Å². The predicted octanol–water partition coefficient (Wildman–Crippen LogP) is 2.36. The quantitative estimate of drug-likeness (QED) is 0.784. The number of rotatable bonds is 3. The van der Waals surface area contributed by atoms with E-state index in [1.54, 1.807) is 11.3 Å². The van der Waals surface area contributed by atoms with Gasteiger partial charge in [0.15, 0.2) is 0 Å². The van der Waals surface area contributed by atoms with Gasteiger partial charge in [-0.2, -0.15) is 0 Å². The summed E-state index contributed by atoms with van der Waals surface area (Å²) >= 11 is 1.70. The van der Waals surface area contributed by atoms with Gasteiger partial charge in [-0.25, -0.2) is 4.98 Å². The Hall–Kier alpha value is -0.410. The molecule has 0 fully saturated rings. The second kappa shape index (κ2) is 4.01. The molecule has 0 spiro atoms. The summed E-state index contributed by atoms with van der Waals surface area (Å²) in [5.74, 6) is 0.727. The minimum Gasteiger partial charge on any atom is -0.396 e. The van der Waals surface area contributed by atoms with Gasteiger partial charge in [-0.3, -0.25) is 0 Å². The van der Waals surface area contributed by atoms with Crippen molar-refractivity contribution < 1.29 is 5.11 Å². The number of hydrogen-bond donors (Lipinski definition) is 1. The molecule has 0 saturated carbocycles.